The second kappa shape index (κ2) is 6.64. The highest BCUT2D eigenvalue weighted by Crippen LogP contribution is 2.53. The van der Waals surface area contributed by atoms with Gasteiger partial charge in [0.1, 0.15) is 11.8 Å². The van der Waals surface area contributed by atoms with Crippen molar-refractivity contribution in [2.45, 2.75) is 13.3 Å². The molecule has 2 aliphatic carbocycles. The number of aliphatic hydroxyl groups excluding tert-OH is 1. The summed E-state index contributed by atoms with van der Waals surface area (Å²) in [4.78, 5) is 38.6. The third kappa shape index (κ3) is 2.53. The molecule has 2 bridgehead atoms. The Morgan fingerprint density at radius 1 is 1.18 bits per heavy atom. The summed E-state index contributed by atoms with van der Waals surface area (Å²) in [5, 5.41) is 19.4. The first-order valence-electron chi connectivity index (χ1n) is 9.15. The standard InChI is InChI=1S/C21H18N2O5/c1-2-28-21(27)15(10-22)18(24)11-5-7-14(8-6-11)23-19(25)16-12-3-4-13(9-12)17(16)20(23)26/h3-8,12-13,16-17,24H,2,9H2,1H3/b18-15-/t12-,13-,16+,17+/m0/s1. The molecule has 0 aromatic heterocycles. The van der Waals surface area contributed by atoms with Gasteiger partial charge in [-0.05, 0) is 49.4 Å². The number of carbonyl (C=O) groups excluding carboxylic acids is 3. The number of amides is 2. The number of imide groups is 1. The normalized spacial score (nSPS) is 28.2. The summed E-state index contributed by atoms with van der Waals surface area (Å²) in [6, 6.07) is 7.62. The van der Waals surface area contributed by atoms with Crippen molar-refractivity contribution >= 4 is 29.2 Å². The number of anilines is 1. The van der Waals surface area contributed by atoms with Gasteiger partial charge in [0.2, 0.25) is 11.8 Å². The van der Waals surface area contributed by atoms with E-state index in [2.05, 4.69) is 0 Å². The molecule has 1 N–H and O–H groups in total. The van der Waals surface area contributed by atoms with Gasteiger partial charge >= 0.3 is 5.97 Å². The van der Waals surface area contributed by atoms with Gasteiger partial charge < -0.3 is 9.84 Å². The van der Waals surface area contributed by atoms with Crippen molar-refractivity contribution in [3.63, 3.8) is 0 Å². The number of ether oxygens (including phenoxy) is 1. The zero-order valence-corrected chi connectivity index (χ0v) is 15.2. The quantitative estimate of drug-likeness (QED) is 0.215. The number of nitrogens with zero attached hydrogens (tertiary/aromatic N) is 2. The lowest BCUT2D eigenvalue weighted by atomic mass is 9.85. The van der Waals surface area contributed by atoms with Gasteiger partial charge in [-0.25, -0.2) is 4.79 Å². The second-order valence-corrected chi connectivity index (χ2v) is 7.11. The van der Waals surface area contributed by atoms with Crippen LogP contribution in [-0.2, 0) is 19.1 Å². The minimum Gasteiger partial charge on any atom is -0.506 e. The molecule has 3 aliphatic rings. The molecule has 4 atom stereocenters. The van der Waals surface area contributed by atoms with Crippen molar-refractivity contribution in [1.29, 1.82) is 5.26 Å². The van der Waals surface area contributed by atoms with E-state index < -0.39 is 17.3 Å². The van der Waals surface area contributed by atoms with Gasteiger partial charge in [-0.15, -0.1) is 0 Å². The predicted molar refractivity (Wildman–Crippen MR) is 98.4 cm³/mol. The van der Waals surface area contributed by atoms with Crippen LogP contribution in [0.25, 0.3) is 5.76 Å². The molecule has 1 saturated heterocycles. The maximum Gasteiger partial charge on any atom is 0.352 e. The number of esters is 1. The summed E-state index contributed by atoms with van der Waals surface area (Å²) in [5.41, 5.74) is 0.129. The highest BCUT2D eigenvalue weighted by Gasteiger charge is 2.59. The van der Waals surface area contributed by atoms with E-state index in [0.717, 1.165) is 6.42 Å². The first-order valence-corrected chi connectivity index (χ1v) is 9.15. The molecule has 7 heteroatoms. The molecular weight excluding hydrogens is 360 g/mol. The summed E-state index contributed by atoms with van der Waals surface area (Å²) >= 11 is 0. The highest BCUT2D eigenvalue weighted by molar-refractivity contribution is 6.22. The first kappa shape index (κ1) is 18.0. The van der Waals surface area contributed by atoms with Crippen LogP contribution in [0.15, 0.2) is 42.0 Å². The van der Waals surface area contributed by atoms with Crippen molar-refractivity contribution in [3.8, 4) is 6.07 Å². The maximum atomic E-state index is 12.8. The van der Waals surface area contributed by atoms with Crippen molar-refractivity contribution < 1.29 is 24.2 Å². The Morgan fingerprint density at radius 3 is 2.25 bits per heavy atom. The number of nitriles is 1. The largest absolute Gasteiger partial charge is 0.506 e. The smallest absolute Gasteiger partial charge is 0.352 e. The van der Waals surface area contributed by atoms with Crippen LogP contribution in [0.4, 0.5) is 5.69 Å². The number of carbonyl (C=O) groups is 3. The molecule has 1 heterocycles. The lowest BCUT2D eigenvalue weighted by molar-refractivity contribution is -0.138. The van der Waals surface area contributed by atoms with Crippen LogP contribution in [0.2, 0.25) is 0 Å². The molecule has 142 valence electrons. The fraction of sp³-hybridized carbons (Fsp3) is 0.333. The van der Waals surface area contributed by atoms with Crippen molar-refractivity contribution in [2.75, 3.05) is 11.5 Å². The fourth-order valence-electron chi connectivity index (χ4n) is 4.47. The Balaban J connectivity index is 1.61. The SMILES string of the molecule is CCOC(=O)/C(C#N)=C(\O)c1ccc(N2C(=O)[C@H]3[C@H](C2=O)[C@H]2C=C[C@H]3C2)cc1. The lowest BCUT2D eigenvalue weighted by Gasteiger charge is -2.17. The molecule has 28 heavy (non-hydrogen) atoms. The molecule has 1 saturated carbocycles. The van der Waals surface area contributed by atoms with E-state index in [0.29, 0.717) is 5.69 Å². The van der Waals surface area contributed by atoms with Gasteiger partial charge in [0.05, 0.1) is 24.1 Å². The van der Waals surface area contributed by atoms with Crippen LogP contribution in [-0.4, -0.2) is 29.5 Å². The molecule has 2 amide bonds. The number of hydrogen-bond acceptors (Lipinski definition) is 6. The Morgan fingerprint density at radius 2 is 1.75 bits per heavy atom. The number of allylic oxidation sites excluding steroid dienone is 2. The minimum absolute atomic E-state index is 0.0780. The zero-order valence-electron chi connectivity index (χ0n) is 15.2. The monoisotopic (exact) mass is 378 g/mol. The average molecular weight is 378 g/mol. The van der Waals surface area contributed by atoms with Crippen molar-refractivity contribution in [2.24, 2.45) is 23.7 Å². The molecule has 2 fully saturated rings. The Hall–Kier alpha value is -3.40. The molecular formula is C21H18N2O5. The molecule has 4 rings (SSSR count). The van der Waals surface area contributed by atoms with Crippen LogP contribution in [0.3, 0.4) is 0 Å². The summed E-state index contributed by atoms with van der Waals surface area (Å²) in [6.45, 7) is 1.68. The van der Waals surface area contributed by atoms with Crippen LogP contribution < -0.4 is 4.90 Å². The molecule has 0 unspecified atom stereocenters. The Bertz CT molecular complexity index is 940. The van der Waals surface area contributed by atoms with Crippen LogP contribution in [0.5, 0.6) is 0 Å². The predicted octanol–water partition coefficient (Wildman–Crippen LogP) is 2.35. The van der Waals surface area contributed by atoms with E-state index in [1.165, 1.54) is 29.2 Å². The molecule has 0 radical (unpaired) electrons. The molecule has 1 aliphatic heterocycles. The molecule has 1 aromatic carbocycles. The van der Waals surface area contributed by atoms with Gasteiger partial charge in [-0.1, -0.05) is 12.2 Å². The van der Waals surface area contributed by atoms with Gasteiger partial charge in [0.15, 0.2) is 5.57 Å². The average Bonchev–Trinajstić information content (AvgIpc) is 3.36. The zero-order chi connectivity index (χ0) is 20.0. The third-order valence-corrected chi connectivity index (χ3v) is 5.70. The van der Waals surface area contributed by atoms with Gasteiger partial charge in [0, 0.05) is 5.56 Å². The number of rotatable bonds is 4. The summed E-state index contributed by atoms with van der Waals surface area (Å²) in [6.07, 6.45) is 4.93. The fourth-order valence-corrected chi connectivity index (χ4v) is 4.47. The number of fused-ring (bicyclic) bond motifs is 5. The van der Waals surface area contributed by atoms with Gasteiger partial charge in [-0.3, -0.25) is 14.5 Å². The molecule has 1 aromatic rings. The lowest BCUT2D eigenvalue weighted by Crippen LogP contribution is -2.32. The van der Waals surface area contributed by atoms with Gasteiger partial charge in [-0.2, -0.15) is 5.26 Å². The number of hydrogen-bond donors (Lipinski definition) is 1. The van der Waals surface area contributed by atoms with Crippen molar-refractivity contribution in [1.82, 2.24) is 0 Å². The van der Waals surface area contributed by atoms with E-state index in [4.69, 9.17) is 10.00 Å². The topological polar surface area (TPSA) is 108 Å². The summed E-state index contributed by atoms with van der Waals surface area (Å²) < 4.78 is 4.76. The first-order chi connectivity index (χ1) is 13.5. The Kier molecular flexibility index (Phi) is 4.27. The van der Waals surface area contributed by atoms with E-state index in [9.17, 15) is 19.5 Å². The van der Waals surface area contributed by atoms with Crippen LogP contribution in [0.1, 0.15) is 18.9 Å². The summed E-state index contributed by atoms with van der Waals surface area (Å²) in [5.74, 6) is -2.12. The van der Waals surface area contributed by atoms with Crippen molar-refractivity contribution in [3.05, 3.63) is 47.6 Å². The van der Waals surface area contributed by atoms with E-state index in [1.807, 2.05) is 12.2 Å². The maximum absolute atomic E-state index is 12.8. The van der Waals surface area contributed by atoms with Gasteiger partial charge in [0.25, 0.3) is 0 Å². The highest BCUT2D eigenvalue weighted by atomic mass is 16.5. The minimum atomic E-state index is -0.910. The van der Waals surface area contributed by atoms with E-state index in [1.54, 1.807) is 13.0 Å². The van der Waals surface area contributed by atoms with Crippen LogP contribution in [0, 0.1) is 35.0 Å². The van der Waals surface area contributed by atoms with E-state index in [-0.39, 0.29) is 47.7 Å². The summed E-state index contributed by atoms with van der Waals surface area (Å²) in [7, 11) is 0. The number of benzene rings is 1. The number of aliphatic hydroxyl groups is 1. The Labute approximate surface area is 161 Å². The third-order valence-electron chi connectivity index (χ3n) is 5.70. The van der Waals surface area contributed by atoms with Crippen LogP contribution >= 0.6 is 0 Å². The molecule has 0 spiro atoms. The second-order valence-electron chi connectivity index (χ2n) is 7.11. The van der Waals surface area contributed by atoms with E-state index >= 15 is 0 Å². The molecule has 7 nitrogen and oxygen atoms in total.